The Morgan fingerprint density at radius 3 is 2.50 bits per heavy atom. The van der Waals surface area contributed by atoms with Crippen molar-refractivity contribution in [1.82, 2.24) is 9.97 Å². The highest BCUT2D eigenvalue weighted by atomic mass is 16.1. The van der Waals surface area contributed by atoms with E-state index < -0.39 is 0 Å². The average Bonchev–Trinajstić information content (AvgIpc) is 2.48. The first-order chi connectivity index (χ1) is 9.72. The number of nitrogens with one attached hydrogen (secondary N) is 1. The first kappa shape index (κ1) is 12.9. The van der Waals surface area contributed by atoms with E-state index in [1.807, 2.05) is 31.2 Å². The van der Waals surface area contributed by atoms with E-state index in [9.17, 15) is 4.79 Å². The van der Waals surface area contributed by atoms with Crippen molar-refractivity contribution in [3.8, 4) is 11.3 Å². The summed E-state index contributed by atoms with van der Waals surface area (Å²) >= 11 is 0. The molecule has 1 N–H and O–H groups in total. The molecule has 0 aliphatic carbocycles. The number of piperidine rings is 1. The summed E-state index contributed by atoms with van der Waals surface area (Å²) < 4.78 is 0. The first-order valence-corrected chi connectivity index (χ1v) is 7.16. The van der Waals surface area contributed by atoms with Crippen LogP contribution in [0.25, 0.3) is 11.3 Å². The molecule has 20 heavy (non-hydrogen) atoms. The molecule has 0 bridgehead atoms. The van der Waals surface area contributed by atoms with Gasteiger partial charge in [0.25, 0.3) is 5.56 Å². The average molecular weight is 269 g/mol. The lowest BCUT2D eigenvalue weighted by molar-refractivity contribution is 0.568. The Kier molecular flexibility index (Phi) is 3.54. The second-order valence-electron chi connectivity index (χ2n) is 5.37. The third kappa shape index (κ3) is 2.74. The summed E-state index contributed by atoms with van der Waals surface area (Å²) in [7, 11) is 0. The molecule has 1 aliphatic heterocycles. The third-order valence-electron chi connectivity index (χ3n) is 3.73. The molecule has 0 radical (unpaired) electrons. The number of hydrogen-bond acceptors (Lipinski definition) is 3. The smallest absolute Gasteiger partial charge is 0.252 e. The molecule has 3 rings (SSSR count). The van der Waals surface area contributed by atoms with E-state index in [0.717, 1.165) is 24.3 Å². The Labute approximate surface area is 118 Å². The zero-order valence-corrected chi connectivity index (χ0v) is 11.7. The van der Waals surface area contributed by atoms with Crippen molar-refractivity contribution < 1.29 is 0 Å². The Balaban J connectivity index is 1.97. The quantitative estimate of drug-likeness (QED) is 0.912. The van der Waals surface area contributed by atoms with Gasteiger partial charge in [-0.05, 0) is 26.2 Å². The summed E-state index contributed by atoms with van der Waals surface area (Å²) in [5, 5.41) is 0. The number of anilines is 1. The van der Waals surface area contributed by atoms with E-state index in [-0.39, 0.29) is 5.56 Å². The lowest BCUT2D eigenvalue weighted by Crippen LogP contribution is -2.32. The molecule has 4 heteroatoms. The van der Waals surface area contributed by atoms with Crippen molar-refractivity contribution in [3.05, 3.63) is 46.2 Å². The van der Waals surface area contributed by atoms with Crippen molar-refractivity contribution in [2.75, 3.05) is 18.0 Å². The highest BCUT2D eigenvalue weighted by Gasteiger charge is 2.14. The predicted octanol–water partition coefficient (Wildman–Crippen LogP) is 2.74. The molecule has 1 aromatic carbocycles. The van der Waals surface area contributed by atoms with Crippen LogP contribution in [0.2, 0.25) is 0 Å². The third-order valence-corrected chi connectivity index (χ3v) is 3.73. The van der Waals surface area contributed by atoms with Crippen molar-refractivity contribution >= 4 is 5.95 Å². The Morgan fingerprint density at radius 1 is 1.10 bits per heavy atom. The van der Waals surface area contributed by atoms with Gasteiger partial charge in [-0.3, -0.25) is 9.78 Å². The topological polar surface area (TPSA) is 49.0 Å². The molecular formula is C16H19N3O. The molecule has 104 valence electrons. The maximum absolute atomic E-state index is 11.9. The van der Waals surface area contributed by atoms with Gasteiger partial charge in [-0.15, -0.1) is 0 Å². The maximum atomic E-state index is 11.9. The number of benzene rings is 1. The summed E-state index contributed by atoms with van der Waals surface area (Å²) in [6.07, 6.45) is 3.59. The van der Waals surface area contributed by atoms with Gasteiger partial charge in [0.05, 0.1) is 5.69 Å². The minimum Gasteiger partial charge on any atom is -0.342 e. The molecule has 2 aromatic rings. The van der Waals surface area contributed by atoms with Crippen molar-refractivity contribution in [2.45, 2.75) is 26.2 Å². The summed E-state index contributed by atoms with van der Waals surface area (Å²) in [5.41, 5.74) is 2.85. The standard InChI is InChI=1S/C16H19N3O/c1-12-5-7-13(8-6-12)14-11-15(20)18-16(17-14)19-9-3-2-4-10-19/h5-8,11H,2-4,9-10H2,1H3,(H,17,18,20). The van der Waals surface area contributed by atoms with Gasteiger partial charge in [-0.1, -0.05) is 29.8 Å². The highest BCUT2D eigenvalue weighted by molar-refractivity contribution is 5.60. The Hall–Kier alpha value is -2.10. The highest BCUT2D eigenvalue weighted by Crippen LogP contribution is 2.20. The molecular weight excluding hydrogens is 250 g/mol. The van der Waals surface area contributed by atoms with E-state index in [0.29, 0.717) is 5.95 Å². The number of H-pyrrole nitrogens is 1. The summed E-state index contributed by atoms with van der Waals surface area (Å²) in [6, 6.07) is 9.67. The molecule has 0 atom stereocenters. The van der Waals surface area contributed by atoms with Gasteiger partial charge in [-0.25, -0.2) is 4.98 Å². The van der Waals surface area contributed by atoms with Crippen LogP contribution in [0.3, 0.4) is 0 Å². The fourth-order valence-corrected chi connectivity index (χ4v) is 2.57. The van der Waals surface area contributed by atoms with Crippen LogP contribution in [0.1, 0.15) is 24.8 Å². The summed E-state index contributed by atoms with van der Waals surface area (Å²) in [4.78, 5) is 21.5. The van der Waals surface area contributed by atoms with Crippen LogP contribution in [-0.2, 0) is 0 Å². The molecule has 1 aromatic heterocycles. The van der Waals surface area contributed by atoms with E-state index in [1.165, 1.54) is 24.8 Å². The molecule has 1 aliphatic rings. The maximum Gasteiger partial charge on any atom is 0.252 e. The predicted molar refractivity (Wildman–Crippen MR) is 81.1 cm³/mol. The molecule has 2 heterocycles. The SMILES string of the molecule is Cc1ccc(-c2cc(=O)[nH]c(N3CCCCC3)n2)cc1. The largest absolute Gasteiger partial charge is 0.342 e. The molecule has 0 unspecified atom stereocenters. The number of aromatic nitrogens is 2. The van der Waals surface area contributed by atoms with Crippen LogP contribution in [0.15, 0.2) is 35.1 Å². The van der Waals surface area contributed by atoms with Gasteiger partial charge in [0.1, 0.15) is 0 Å². The van der Waals surface area contributed by atoms with Gasteiger partial charge in [0.2, 0.25) is 5.95 Å². The van der Waals surface area contributed by atoms with E-state index in [2.05, 4.69) is 14.9 Å². The van der Waals surface area contributed by atoms with Gasteiger partial charge in [-0.2, -0.15) is 0 Å². The van der Waals surface area contributed by atoms with E-state index >= 15 is 0 Å². The number of aromatic amines is 1. The molecule has 1 saturated heterocycles. The van der Waals surface area contributed by atoms with Crippen molar-refractivity contribution in [1.29, 1.82) is 0 Å². The number of aryl methyl sites for hydroxylation is 1. The van der Waals surface area contributed by atoms with E-state index in [4.69, 9.17) is 0 Å². The molecule has 0 spiro atoms. The van der Waals surface area contributed by atoms with Crippen LogP contribution in [-0.4, -0.2) is 23.1 Å². The Morgan fingerprint density at radius 2 is 1.80 bits per heavy atom. The second kappa shape index (κ2) is 5.49. The number of nitrogens with zero attached hydrogens (tertiary/aromatic N) is 2. The normalized spacial score (nSPS) is 15.3. The van der Waals surface area contributed by atoms with Gasteiger partial charge >= 0.3 is 0 Å². The second-order valence-corrected chi connectivity index (χ2v) is 5.37. The van der Waals surface area contributed by atoms with E-state index in [1.54, 1.807) is 6.07 Å². The Bertz CT molecular complexity index is 640. The lowest BCUT2D eigenvalue weighted by Gasteiger charge is -2.27. The lowest BCUT2D eigenvalue weighted by atomic mass is 10.1. The monoisotopic (exact) mass is 269 g/mol. The molecule has 1 fully saturated rings. The van der Waals surface area contributed by atoms with Gasteiger partial charge in [0.15, 0.2) is 0 Å². The minimum atomic E-state index is -0.0869. The number of rotatable bonds is 2. The minimum absolute atomic E-state index is 0.0869. The van der Waals surface area contributed by atoms with Gasteiger partial charge in [0, 0.05) is 24.7 Å². The molecule has 0 amide bonds. The fourth-order valence-electron chi connectivity index (χ4n) is 2.57. The zero-order valence-electron chi connectivity index (χ0n) is 11.7. The van der Waals surface area contributed by atoms with Crippen LogP contribution in [0.5, 0.6) is 0 Å². The number of hydrogen-bond donors (Lipinski definition) is 1. The van der Waals surface area contributed by atoms with Crippen molar-refractivity contribution in [3.63, 3.8) is 0 Å². The van der Waals surface area contributed by atoms with Crippen LogP contribution in [0.4, 0.5) is 5.95 Å². The van der Waals surface area contributed by atoms with Crippen molar-refractivity contribution in [2.24, 2.45) is 0 Å². The first-order valence-electron chi connectivity index (χ1n) is 7.16. The van der Waals surface area contributed by atoms with Crippen LogP contribution < -0.4 is 10.5 Å². The molecule has 4 nitrogen and oxygen atoms in total. The van der Waals surface area contributed by atoms with Gasteiger partial charge < -0.3 is 4.90 Å². The van der Waals surface area contributed by atoms with Crippen LogP contribution in [0, 0.1) is 6.92 Å². The van der Waals surface area contributed by atoms with Crippen LogP contribution >= 0.6 is 0 Å². The summed E-state index contributed by atoms with van der Waals surface area (Å²) in [6.45, 7) is 3.99. The fraction of sp³-hybridized carbons (Fsp3) is 0.375. The molecule has 0 saturated carbocycles. The summed E-state index contributed by atoms with van der Waals surface area (Å²) in [5.74, 6) is 0.702. The zero-order chi connectivity index (χ0) is 13.9.